The van der Waals surface area contributed by atoms with Crippen LogP contribution in [-0.2, 0) is 14.3 Å². The lowest BCUT2D eigenvalue weighted by Crippen LogP contribution is -2.31. The number of hydrogen-bond donors (Lipinski definition) is 0. The summed E-state index contributed by atoms with van der Waals surface area (Å²) in [5, 5.41) is 8.50. The Balaban J connectivity index is 1.75. The molecule has 1 saturated heterocycles. The Morgan fingerprint density at radius 3 is 2.76 bits per heavy atom. The maximum absolute atomic E-state index is 12.0. The third-order valence-corrected chi connectivity index (χ3v) is 3.86. The molecule has 0 aliphatic carbocycles. The van der Waals surface area contributed by atoms with Gasteiger partial charge in [0.25, 0.3) is 5.91 Å². The van der Waals surface area contributed by atoms with Gasteiger partial charge in [-0.25, -0.2) is 4.79 Å². The predicted molar refractivity (Wildman–Crippen MR) is 89.1 cm³/mol. The summed E-state index contributed by atoms with van der Waals surface area (Å²) >= 11 is 0. The van der Waals surface area contributed by atoms with E-state index in [0.717, 1.165) is 19.4 Å². The van der Waals surface area contributed by atoms with Gasteiger partial charge in [-0.3, -0.25) is 4.79 Å². The van der Waals surface area contributed by atoms with Crippen molar-refractivity contribution in [2.24, 2.45) is 0 Å². The Morgan fingerprint density at radius 1 is 1.36 bits per heavy atom. The van der Waals surface area contributed by atoms with Gasteiger partial charge in [0.05, 0.1) is 24.2 Å². The predicted octanol–water partition coefficient (Wildman–Crippen LogP) is 1.77. The molecule has 1 heterocycles. The monoisotopic (exact) mass is 346 g/mol. The van der Waals surface area contributed by atoms with Crippen LogP contribution in [-0.4, -0.2) is 56.3 Å². The molecule has 2 rings (SSSR count). The number of benzene rings is 1. The number of nitrogens with zero attached hydrogens (tertiary/aromatic N) is 2. The second-order valence-corrected chi connectivity index (χ2v) is 5.77. The largest absolute Gasteiger partial charge is 0.491 e. The minimum atomic E-state index is -0.576. The molecule has 1 amide bonds. The number of rotatable bonds is 8. The van der Waals surface area contributed by atoms with Crippen LogP contribution < -0.4 is 4.74 Å². The summed E-state index contributed by atoms with van der Waals surface area (Å²) in [6.45, 7) is 1.23. The molecule has 7 heteroatoms. The first-order chi connectivity index (χ1) is 12.1. The number of amides is 1. The van der Waals surface area contributed by atoms with E-state index in [1.807, 2.05) is 6.07 Å². The highest BCUT2D eigenvalue weighted by molar-refractivity contribution is 5.91. The number of hydrogen-bond acceptors (Lipinski definition) is 6. The van der Waals surface area contributed by atoms with Crippen molar-refractivity contribution in [1.82, 2.24) is 4.90 Å². The third-order valence-electron chi connectivity index (χ3n) is 3.86. The molecular weight excluding hydrogens is 324 g/mol. The second kappa shape index (κ2) is 9.64. The minimum Gasteiger partial charge on any atom is -0.491 e. The Hall–Kier alpha value is -2.59. The summed E-state index contributed by atoms with van der Waals surface area (Å²) in [7, 11) is 1.56. The number of likely N-dealkylation sites (N-methyl/N-ethyl adjacent to an activating group) is 1. The average Bonchev–Trinajstić information content (AvgIpc) is 3.16. The number of carbonyl (C=O) groups excluding carboxylic acids is 2. The van der Waals surface area contributed by atoms with Crippen LogP contribution in [0.3, 0.4) is 0 Å². The summed E-state index contributed by atoms with van der Waals surface area (Å²) in [5.41, 5.74) is 0.344. The summed E-state index contributed by atoms with van der Waals surface area (Å²) < 4.78 is 16.1. The minimum absolute atomic E-state index is 0.133. The molecule has 134 valence electrons. The van der Waals surface area contributed by atoms with E-state index < -0.39 is 5.97 Å². The van der Waals surface area contributed by atoms with Crippen LogP contribution in [0.25, 0.3) is 0 Å². The molecule has 1 fully saturated rings. The average molecular weight is 346 g/mol. The van der Waals surface area contributed by atoms with Crippen molar-refractivity contribution in [3.8, 4) is 11.8 Å². The highest BCUT2D eigenvalue weighted by atomic mass is 16.5. The fraction of sp³-hybridized carbons (Fsp3) is 0.500. The molecule has 0 saturated carbocycles. The third kappa shape index (κ3) is 6.08. The van der Waals surface area contributed by atoms with E-state index in [1.165, 1.54) is 4.90 Å². The van der Waals surface area contributed by atoms with Crippen molar-refractivity contribution in [3.05, 3.63) is 29.8 Å². The molecule has 7 nitrogen and oxygen atoms in total. The molecule has 1 atom stereocenters. The molecule has 1 aliphatic rings. The van der Waals surface area contributed by atoms with Gasteiger partial charge in [0.1, 0.15) is 12.4 Å². The zero-order valence-electron chi connectivity index (χ0n) is 14.3. The molecule has 0 radical (unpaired) electrons. The first-order valence-electron chi connectivity index (χ1n) is 8.22. The van der Waals surface area contributed by atoms with E-state index in [-0.39, 0.29) is 25.0 Å². The molecule has 1 aliphatic heterocycles. The Kier molecular flexibility index (Phi) is 7.23. The second-order valence-electron chi connectivity index (χ2n) is 5.77. The van der Waals surface area contributed by atoms with E-state index in [4.69, 9.17) is 19.5 Å². The van der Waals surface area contributed by atoms with Gasteiger partial charge >= 0.3 is 5.97 Å². The van der Waals surface area contributed by atoms with Crippen molar-refractivity contribution in [3.63, 3.8) is 0 Å². The molecule has 0 spiro atoms. The molecule has 1 aromatic rings. The van der Waals surface area contributed by atoms with Gasteiger partial charge < -0.3 is 19.1 Å². The van der Waals surface area contributed by atoms with Crippen molar-refractivity contribution in [2.45, 2.75) is 25.4 Å². The van der Waals surface area contributed by atoms with E-state index in [9.17, 15) is 9.59 Å². The smallest absolute Gasteiger partial charge is 0.338 e. The first kappa shape index (κ1) is 18.7. The highest BCUT2D eigenvalue weighted by Crippen LogP contribution is 2.17. The molecule has 0 aromatic heterocycles. The standard InChI is InChI=1S/C18H22N2O5/c1-20(10-3-9-19)17(21)13-25-18(22)14-5-7-15(8-6-14)24-12-16-4-2-11-23-16/h5-8,16H,2-4,10-13H2,1H3/t16-/m1/s1. The van der Waals surface area contributed by atoms with Gasteiger partial charge in [0, 0.05) is 20.2 Å². The molecule has 1 aromatic carbocycles. The van der Waals surface area contributed by atoms with Crippen molar-refractivity contribution < 1.29 is 23.8 Å². The van der Waals surface area contributed by atoms with Crippen LogP contribution in [0.5, 0.6) is 5.75 Å². The zero-order valence-corrected chi connectivity index (χ0v) is 14.3. The molecule has 0 N–H and O–H groups in total. The van der Waals surface area contributed by atoms with Crippen molar-refractivity contribution in [1.29, 1.82) is 5.26 Å². The summed E-state index contributed by atoms with van der Waals surface area (Å²) in [6, 6.07) is 8.52. The number of ether oxygens (including phenoxy) is 3. The van der Waals surface area contributed by atoms with Gasteiger partial charge in [0.15, 0.2) is 6.61 Å². The zero-order chi connectivity index (χ0) is 18.1. The van der Waals surface area contributed by atoms with Gasteiger partial charge in [0.2, 0.25) is 0 Å². The van der Waals surface area contributed by atoms with E-state index >= 15 is 0 Å². The Labute approximate surface area is 147 Å². The normalized spacial score (nSPS) is 16.1. The van der Waals surface area contributed by atoms with Gasteiger partial charge in [-0.1, -0.05) is 0 Å². The van der Waals surface area contributed by atoms with Gasteiger partial charge in [-0.15, -0.1) is 0 Å². The molecule has 25 heavy (non-hydrogen) atoms. The van der Waals surface area contributed by atoms with E-state index in [0.29, 0.717) is 24.5 Å². The molecular formula is C18H22N2O5. The van der Waals surface area contributed by atoms with E-state index in [2.05, 4.69) is 0 Å². The van der Waals surface area contributed by atoms with Crippen LogP contribution >= 0.6 is 0 Å². The quantitative estimate of drug-likeness (QED) is 0.667. The topological polar surface area (TPSA) is 88.9 Å². The van der Waals surface area contributed by atoms with Crippen LogP contribution in [0, 0.1) is 11.3 Å². The first-order valence-corrected chi connectivity index (χ1v) is 8.22. The molecule has 0 unspecified atom stereocenters. The Morgan fingerprint density at radius 2 is 2.12 bits per heavy atom. The highest BCUT2D eigenvalue weighted by Gasteiger charge is 2.16. The maximum Gasteiger partial charge on any atom is 0.338 e. The fourth-order valence-corrected chi connectivity index (χ4v) is 2.32. The SMILES string of the molecule is CN(CCC#N)C(=O)COC(=O)c1ccc(OC[C@H]2CCCO2)cc1. The van der Waals surface area contributed by atoms with E-state index in [1.54, 1.807) is 31.3 Å². The number of carbonyl (C=O) groups is 2. The Bertz CT molecular complexity index is 617. The lowest BCUT2D eigenvalue weighted by atomic mass is 10.2. The lowest BCUT2D eigenvalue weighted by molar-refractivity contribution is -0.133. The van der Waals surface area contributed by atoms with Crippen molar-refractivity contribution in [2.75, 3.05) is 33.4 Å². The van der Waals surface area contributed by atoms with Crippen LogP contribution in [0.15, 0.2) is 24.3 Å². The van der Waals surface area contributed by atoms with Crippen molar-refractivity contribution >= 4 is 11.9 Å². The number of nitriles is 1. The maximum atomic E-state index is 12.0. The van der Waals surface area contributed by atoms with Gasteiger partial charge in [-0.2, -0.15) is 5.26 Å². The molecule has 0 bridgehead atoms. The fourth-order valence-electron chi connectivity index (χ4n) is 2.32. The summed E-state index contributed by atoms with van der Waals surface area (Å²) in [5.74, 6) is -0.271. The van der Waals surface area contributed by atoms with Crippen LogP contribution in [0.4, 0.5) is 0 Å². The summed E-state index contributed by atoms with van der Waals surface area (Å²) in [4.78, 5) is 25.1. The lowest BCUT2D eigenvalue weighted by Gasteiger charge is -2.15. The number of esters is 1. The summed E-state index contributed by atoms with van der Waals surface area (Å²) in [6.07, 6.45) is 2.43. The van der Waals surface area contributed by atoms with Gasteiger partial charge in [-0.05, 0) is 37.1 Å². The van der Waals surface area contributed by atoms with Crippen LogP contribution in [0.2, 0.25) is 0 Å². The van der Waals surface area contributed by atoms with Crippen LogP contribution in [0.1, 0.15) is 29.6 Å².